The molecular formula is C24H19Cl4N3O4. The maximum absolute atomic E-state index is 14.1. The van der Waals surface area contributed by atoms with Crippen molar-refractivity contribution in [1.82, 2.24) is 4.90 Å². The number of anilines is 2. The first-order valence-electron chi connectivity index (χ1n) is 11.1. The molecule has 0 aliphatic carbocycles. The van der Waals surface area contributed by atoms with Crippen LogP contribution in [-0.4, -0.2) is 42.3 Å². The number of imide groups is 1. The second-order valence-electron chi connectivity index (χ2n) is 9.55. The van der Waals surface area contributed by atoms with Crippen molar-refractivity contribution in [3.05, 3.63) is 49.9 Å². The molecule has 3 fully saturated rings. The van der Waals surface area contributed by atoms with Crippen LogP contribution in [0.2, 0.25) is 20.1 Å². The molecule has 0 bridgehead atoms. The van der Waals surface area contributed by atoms with Gasteiger partial charge in [0.05, 0.1) is 45.4 Å². The zero-order valence-corrected chi connectivity index (χ0v) is 21.6. The Morgan fingerprint density at radius 3 is 2.34 bits per heavy atom. The van der Waals surface area contributed by atoms with Gasteiger partial charge >= 0.3 is 0 Å². The van der Waals surface area contributed by atoms with E-state index in [4.69, 9.17) is 51.1 Å². The summed E-state index contributed by atoms with van der Waals surface area (Å²) in [4.78, 5) is 44.9. The molecule has 6 rings (SSSR count). The first-order valence-corrected chi connectivity index (χ1v) is 12.6. The summed E-state index contributed by atoms with van der Waals surface area (Å²) < 4.78 is 5.21. The Bertz CT molecular complexity index is 1330. The molecule has 5 unspecified atom stereocenters. The minimum Gasteiger partial charge on any atom is -0.494 e. The number of amides is 3. The SMILES string of the molecule is COc1c(Cl)cc(N2C(=O)C3C4CC(C)CN4C4(C(=O)Nc5c(Cl)cc(Cl)cc54)C3C2=O)cc1Cl. The third kappa shape index (κ3) is 2.87. The van der Waals surface area contributed by atoms with Crippen LogP contribution < -0.4 is 15.0 Å². The van der Waals surface area contributed by atoms with Crippen LogP contribution >= 0.6 is 46.4 Å². The maximum Gasteiger partial charge on any atom is 0.250 e. The predicted octanol–water partition coefficient (Wildman–Crippen LogP) is 4.99. The Labute approximate surface area is 221 Å². The van der Waals surface area contributed by atoms with Gasteiger partial charge in [0.1, 0.15) is 5.54 Å². The van der Waals surface area contributed by atoms with Gasteiger partial charge in [-0.2, -0.15) is 0 Å². The maximum atomic E-state index is 14.1. The zero-order valence-electron chi connectivity index (χ0n) is 18.6. The zero-order chi connectivity index (χ0) is 25.0. The summed E-state index contributed by atoms with van der Waals surface area (Å²) in [6, 6.07) is 5.87. The monoisotopic (exact) mass is 553 g/mol. The van der Waals surface area contributed by atoms with E-state index in [1.54, 1.807) is 12.1 Å². The molecule has 3 saturated heterocycles. The molecule has 0 saturated carbocycles. The molecule has 0 aromatic heterocycles. The second kappa shape index (κ2) is 7.73. The van der Waals surface area contributed by atoms with Crippen LogP contribution in [0.25, 0.3) is 0 Å². The highest BCUT2D eigenvalue weighted by Crippen LogP contribution is 2.62. The largest absolute Gasteiger partial charge is 0.494 e. The number of ether oxygens (including phenoxy) is 1. The lowest BCUT2D eigenvalue weighted by molar-refractivity contribution is -0.135. The summed E-state index contributed by atoms with van der Waals surface area (Å²) in [5.74, 6) is -2.45. The van der Waals surface area contributed by atoms with Gasteiger partial charge in [0.25, 0.3) is 5.91 Å². The number of fused-ring (bicyclic) bond motifs is 7. The van der Waals surface area contributed by atoms with Gasteiger partial charge in [0, 0.05) is 23.2 Å². The molecule has 2 aromatic carbocycles. The number of halogens is 4. The van der Waals surface area contributed by atoms with Crippen molar-refractivity contribution >= 4 is 75.5 Å². The number of hydrogen-bond acceptors (Lipinski definition) is 5. The van der Waals surface area contributed by atoms with Gasteiger partial charge in [0.2, 0.25) is 11.8 Å². The lowest BCUT2D eigenvalue weighted by atomic mass is 9.75. The van der Waals surface area contributed by atoms with Gasteiger partial charge in [0.15, 0.2) is 5.75 Å². The molecule has 2 aromatic rings. The fraction of sp³-hybridized carbons (Fsp3) is 0.375. The van der Waals surface area contributed by atoms with Crippen LogP contribution in [-0.2, 0) is 19.9 Å². The van der Waals surface area contributed by atoms with E-state index in [1.165, 1.54) is 19.2 Å². The first-order chi connectivity index (χ1) is 16.6. The normalized spacial score (nSPS) is 31.3. The quantitative estimate of drug-likeness (QED) is 0.529. The van der Waals surface area contributed by atoms with Crippen LogP contribution in [0.5, 0.6) is 5.75 Å². The highest BCUT2D eigenvalue weighted by Gasteiger charge is 2.75. The molecule has 7 nitrogen and oxygen atoms in total. The van der Waals surface area contributed by atoms with Gasteiger partial charge < -0.3 is 10.1 Å². The molecule has 35 heavy (non-hydrogen) atoms. The molecule has 182 valence electrons. The summed E-state index contributed by atoms with van der Waals surface area (Å²) in [6.45, 7) is 2.64. The van der Waals surface area contributed by atoms with E-state index in [2.05, 4.69) is 12.2 Å². The number of hydrogen-bond donors (Lipinski definition) is 1. The molecule has 1 N–H and O–H groups in total. The van der Waals surface area contributed by atoms with Crippen molar-refractivity contribution in [1.29, 1.82) is 0 Å². The number of rotatable bonds is 2. The fourth-order valence-electron chi connectivity index (χ4n) is 6.58. The third-order valence-corrected chi connectivity index (χ3v) is 8.79. The van der Waals surface area contributed by atoms with Crippen LogP contribution in [0, 0.1) is 17.8 Å². The topological polar surface area (TPSA) is 79.0 Å². The second-order valence-corrected chi connectivity index (χ2v) is 11.2. The third-order valence-electron chi connectivity index (χ3n) is 7.72. The molecule has 1 spiro atoms. The van der Waals surface area contributed by atoms with Crippen molar-refractivity contribution < 1.29 is 19.1 Å². The van der Waals surface area contributed by atoms with Crippen molar-refractivity contribution in [2.24, 2.45) is 17.8 Å². The molecular weight excluding hydrogens is 536 g/mol. The smallest absolute Gasteiger partial charge is 0.250 e. The lowest BCUT2D eigenvalue weighted by Gasteiger charge is -2.37. The van der Waals surface area contributed by atoms with Crippen LogP contribution in [0.3, 0.4) is 0 Å². The molecule has 11 heteroatoms. The lowest BCUT2D eigenvalue weighted by Crippen LogP contribution is -2.54. The highest BCUT2D eigenvalue weighted by atomic mass is 35.5. The van der Waals surface area contributed by atoms with Crippen molar-refractivity contribution in [2.75, 3.05) is 23.9 Å². The molecule has 0 radical (unpaired) electrons. The summed E-state index contributed by atoms with van der Waals surface area (Å²) >= 11 is 25.5. The van der Waals surface area contributed by atoms with E-state index in [0.29, 0.717) is 29.2 Å². The van der Waals surface area contributed by atoms with Crippen molar-refractivity contribution in [3.8, 4) is 5.75 Å². The molecule has 4 aliphatic heterocycles. The van der Waals surface area contributed by atoms with E-state index >= 15 is 0 Å². The Morgan fingerprint density at radius 2 is 1.69 bits per heavy atom. The fourth-order valence-corrected chi connectivity index (χ4v) is 7.75. The minimum atomic E-state index is -1.40. The van der Waals surface area contributed by atoms with Gasteiger partial charge in [-0.25, -0.2) is 4.90 Å². The summed E-state index contributed by atoms with van der Waals surface area (Å²) in [5, 5.41) is 3.84. The van der Waals surface area contributed by atoms with E-state index < -0.39 is 23.3 Å². The Kier molecular flexibility index (Phi) is 5.16. The average molecular weight is 555 g/mol. The predicted molar refractivity (Wildman–Crippen MR) is 134 cm³/mol. The van der Waals surface area contributed by atoms with Gasteiger partial charge in [-0.05, 0) is 36.6 Å². The van der Waals surface area contributed by atoms with Gasteiger partial charge in [-0.15, -0.1) is 0 Å². The van der Waals surface area contributed by atoms with Crippen molar-refractivity contribution in [3.63, 3.8) is 0 Å². The Hall–Kier alpha value is -2.03. The number of benzene rings is 2. The average Bonchev–Trinajstić information content (AvgIpc) is 3.44. The summed E-state index contributed by atoms with van der Waals surface area (Å²) in [6.07, 6.45) is 0.677. The van der Waals surface area contributed by atoms with Crippen molar-refractivity contribution in [2.45, 2.75) is 24.9 Å². The Balaban J connectivity index is 1.56. The first kappa shape index (κ1) is 23.4. The summed E-state index contributed by atoms with van der Waals surface area (Å²) in [7, 11) is 1.43. The number of nitrogens with one attached hydrogen (secondary N) is 1. The molecule has 4 heterocycles. The summed E-state index contributed by atoms with van der Waals surface area (Å²) in [5.41, 5.74) is -0.207. The number of methoxy groups -OCH3 is 1. The van der Waals surface area contributed by atoms with Crippen LogP contribution in [0.15, 0.2) is 24.3 Å². The molecule has 3 amide bonds. The minimum absolute atomic E-state index is 0.168. The van der Waals surface area contributed by atoms with E-state index in [9.17, 15) is 14.4 Å². The van der Waals surface area contributed by atoms with Gasteiger partial charge in [-0.3, -0.25) is 19.3 Å². The van der Waals surface area contributed by atoms with Gasteiger partial charge in [-0.1, -0.05) is 53.3 Å². The highest BCUT2D eigenvalue weighted by molar-refractivity contribution is 6.39. The van der Waals surface area contributed by atoms with E-state index in [0.717, 1.165) is 4.90 Å². The number of carbonyl (C=O) groups excluding carboxylic acids is 3. The number of nitrogens with zero attached hydrogens (tertiary/aromatic N) is 2. The van der Waals surface area contributed by atoms with Crippen LogP contribution in [0.4, 0.5) is 11.4 Å². The standard InChI is InChI=1S/C24H19Cl4N3O4/c1-9-3-16-17-18(22(33)31(21(17)32)11-6-14(27)20(35-2)15(28)7-11)24(30(16)8-9)12-4-10(25)5-13(26)19(12)29-23(24)34/h4-7,9,16-18H,3,8H2,1-2H3,(H,29,34). The molecule has 4 aliphatic rings. The molecule has 5 atom stereocenters. The van der Waals surface area contributed by atoms with E-state index in [1.807, 2.05) is 4.90 Å². The number of carbonyl (C=O) groups is 3. The Morgan fingerprint density at radius 1 is 1.00 bits per heavy atom. The van der Waals surface area contributed by atoms with Crippen LogP contribution in [0.1, 0.15) is 18.9 Å². The van der Waals surface area contributed by atoms with E-state index in [-0.39, 0.29) is 50.3 Å².